The van der Waals surface area contributed by atoms with E-state index < -0.39 is 17.5 Å². The van der Waals surface area contributed by atoms with Gasteiger partial charge in [0, 0.05) is 11.1 Å². The Morgan fingerprint density at radius 1 is 1.10 bits per heavy atom. The van der Waals surface area contributed by atoms with Crippen LogP contribution in [0, 0.1) is 22.9 Å². The highest BCUT2D eigenvalue weighted by Crippen LogP contribution is 2.21. The van der Waals surface area contributed by atoms with Gasteiger partial charge in [-0.1, -0.05) is 18.2 Å². The van der Waals surface area contributed by atoms with Crippen molar-refractivity contribution in [1.82, 2.24) is 0 Å². The van der Waals surface area contributed by atoms with Crippen LogP contribution in [0.25, 0.3) is 0 Å². The Morgan fingerprint density at radius 2 is 1.85 bits per heavy atom. The number of benzene rings is 2. The van der Waals surface area contributed by atoms with E-state index in [9.17, 15) is 13.2 Å². The molecule has 104 valence electrons. The molecule has 0 bridgehead atoms. The second kappa shape index (κ2) is 5.64. The lowest BCUT2D eigenvalue weighted by molar-refractivity contribution is 0.279. The molecule has 3 N–H and O–H groups in total. The van der Waals surface area contributed by atoms with Crippen molar-refractivity contribution in [2.75, 3.05) is 0 Å². The van der Waals surface area contributed by atoms with Gasteiger partial charge in [-0.3, -0.25) is 5.41 Å². The van der Waals surface area contributed by atoms with E-state index in [1.165, 1.54) is 24.3 Å². The molecule has 0 radical (unpaired) electrons. The normalized spacial score (nSPS) is 10.3. The molecule has 3 nitrogen and oxygen atoms in total. The smallest absolute Gasteiger partial charge is 0.200 e. The summed E-state index contributed by atoms with van der Waals surface area (Å²) in [6, 6.07) is 7.42. The molecule has 0 amide bonds. The van der Waals surface area contributed by atoms with E-state index in [1.807, 2.05) is 0 Å². The molecule has 0 aliphatic rings. The molecule has 0 aromatic heterocycles. The Labute approximate surface area is 113 Å². The van der Waals surface area contributed by atoms with E-state index in [-0.39, 0.29) is 29.3 Å². The first-order chi connectivity index (χ1) is 9.49. The molecule has 0 aliphatic carbocycles. The van der Waals surface area contributed by atoms with Gasteiger partial charge in [0.2, 0.25) is 5.82 Å². The highest BCUT2D eigenvalue weighted by molar-refractivity contribution is 5.94. The van der Waals surface area contributed by atoms with E-state index in [2.05, 4.69) is 0 Å². The summed E-state index contributed by atoms with van der Waals surface area (Å²) in [4.78, 5) is 0. The summed E-state index contributed by atoms with van der Waals surface area (Å²) in [7, 11) is 0. The monoisotopic (exact) mass is 280 g/mol. The third-order valence-electron chi connectivity index (χ3n) is 2.66. The summed E-state index contributed by atoms with van der Waals surface area (Å²) in [5.41, 5.74) is 5.62. The number of nitrogens with two attached hydrogens (primary N) is 1. The SMILES string of the molecule is N=C(N)c1ccc(COc2cccc(F)c2F)c(F)c1. The second-order valence-corrected chi connectivity index (χ2v) is 4.06. The van der Waals surface area contributed by atoms with Crippen LogP contribution in [0.3, 0.4) is 0 Å². The zero-order valence-electron chi connectivity index (χ0n) is 10.3. The quantitative estimate of drug-likeness (QED) is 0.668. The van der Waals surface area contributed by atoms with E-state index in [4.69, 9.17) is 15.9 Å². The molecule has 20 heavy (non-hydrogen) atoms. The van der Waals surface area contributed by atoms with E-state index in [0.717, 1.165) is 12.1 Å². The van der Waals surface area contributed by atoms with Crippen LogP contribution in [0.2, 0.25) is 0 Å². The minimum Gasteiger partial charge on any atom is -0.486 e. The third kappa shape index (κ3) is 2.90. The Morgan fingerprint density at radius 3 is 2.50 bits per heavy atom. The molecule has 0 saturated heterocycles. The Kier molecular flexibility index (Phi) is 3.93. The second-order valence-electron chi connectivity index (χ2n) is 4.06. The maximum atomic E-state index is 13.7. The lowest BCUT2D eigenvalue weighted by Crippen LogP contribution is -2.12. The molecule has 0 unspecified atom stereocenters. The van der Waals surface area contributed by atoms with Gasteiger partial charge in [0.05, 0.1) is 0 Å². The molecule has 2 aromatic carbocycles. The molecule has 0 fully saturated rings. The van der Waals surface area contributed by atoms with Gasteiger partial charge in [-0.05, 0) is 18.2 Å². The number of rotatable bonds is 4. The predicted molar refractivity (Wildman–Crippen MR) is 68.1 cm³/mol. The van der Waals surface area contributed by atoms with Gasteiger partial charge in [-0.15, -0.1) is 0 Å². The summed E-state index contributed by atoms with van der Waals surface area (Å²) in [6.07, 6.45) is 0. The van der Waals surface area contributed by atoms with Crippen LogP contribution in [0.5, 0.6) is 5.75 Å². The number of hydrogen-bond donors (Lipinski definition) is 2. The van der Waals surface area contributed by atoms with Crippen molar-refractivity contribution in [1.29, 1.82) is 5.41 Å². The van der Waals surface area contributed by atoms with Crippen LogP contribution in [-0.4, -0.2) is 5.84 Å². The Hall–Kier alpha value is -2.50. The summed E-state index contributed by atoms with van der Waals surface area (Å²) in [6.45, 7) is -0.260. The van der Waals surface area contributed by atoms with Gasteiger partial charge >= 0.3 is 0 Å². The first-order valence-corrected chi connectivity index (χ1v) is 5.68. The van der Waals surface area contributed by atoms with Crippen LogP contribution < -0.4 is 10.5 Å². The summed E-state index contributed by atoms with van der Waals surface area (Å²) in [5.74, 6) is -3.33. The van der Waals surface area contributed by atoms with E-state index in [1.54, 1.807) is 0 Å². The first kappa shape index (κ1) is 13.9. The van der Waals surface area contributed by atoms with Crippen molar-refractivity contribution in [3.05, 3.63) is 65.0 Å². The van der Waals surface area contributed by atoms with E-state index in [0.29, 0.717) is 0 Å². The van der Waals surface area contributed by atoms with Crippen LogP contribution in [0.1, 0.15) is 11.1 Å². The Balaban J connectivity index is 2.15. The summed E-state index contributed by atoms with van der Waals surface area (Å²) >= 11 is 0. The van der Waals surface area contributed by atoms with Crippen molar-refractivity contribution >= 4 is 5.84 Å². The number of nitrogen functional groups attached to an aromatic ring is 1. The lowest BCUT2D eigenvalue weighted by Gasteiger charge is -2.09. The standard InChI is InChI=1S/C14H11F3N2O/c15-10-2-1-3-12(13(10)17)20-7-9-5-4-8(14(18)19)6-11(9)16/h1-6H,7H2,(H3,18,19). The van der Waals surface area contributed by atoms with Gasteiger partial charge in [0.15, 0.2) is 11.6 Å². The minimum absolute atomic E-state index is 0.152. The molecule has 0 spiro atoms. The molecule has 2 rings (SSSR count). The fourth-order valence-corrected chi connectivity index (χ4v) is 1.58. The van der Waals surface area contributed by atoms with Crippen LogP contribution in [0.15, 0.2) is 36.4 Å². The minimum atomic E-state index is -1.12. The molecule has 0 saturated carbocycles. The van der Waals surface area contributed by atoms with E-state index >= 15 is 0 Å². The van der Waals surface area contributed by atoms with Crippen LogP contribution in [-0.2, 0) is 6.61 Å². The molecule has 0 aliphatic heterocycles. The predicted octanol–water partition coefficient (Wildman–Crippen LogP) is 2.97. The van der Waals surface area contributed by atoms with Crippen LogP contribution >= 0.6 is 0 Å². The third-order valence-corrected chi connectivity index (χ3v) is 2.66. The molecule has 0 atom stereocenters. The summed E-state index contributed by atoms with van der Waals surface area (Å²) in [5, 5.41) is 7.18. The highest BCUT2D eigenvalue weighted by atomic mass is 19.2. The average Bonchev–Trinajstić information content (AvgIpc) is 2.41. The fourth-order valence-electron chi connectivity index (χ4n) is 1.58. The largest absolute Gasteiger partial charge is 0.486 e. The first-order valence-electron chi connectivity index (χ1n) is 5.68. The average molecular weight is 280 g/mol. The van der Waals surface area contributed by atoms with Crippen molar-refractivity contribution in [3.8, 4) is 5.75 Å². The number of halogens is 3. The van der Waals surface area contributed by atoms with Crippen molar-refractivity contribution in [2.45, 2.75) is 6.61 Å². The number of hydrogen-bond acceptors (Lipinski definition) is 2. The van der Waals surface area contributed by atoms with Gasteiger partial charge in [0.1, 0.15) is 18.3 Å². The van der Waals surface area contributed by atoms with Crippen molar-refractivity contribution in [3.63, 3.8) is 0 Å². The molecule has 6 heteroatoms. The number of amidine groups is 1. The number of nitrogens with one attached hydrogen (secondary N) is 1. The molecule has 0 heterocycles. The van der Waals surface area contributed by atoms with Crippen LogP contribution in [0.4, 0.5) is 13.2 Å². The Bertz CT molecular complexity index is 659. The van der Waals surface area contributed by atoms with Gasteiger partial charge in [0.25, 0.3) is 0 Å². The summed E-state index contributed by atoms with van der Waals surface area (Å²) < 4.78 is 45.0. The van der Waals surface area contributed by atoms with Crippen molar-refractivity contribution < 1.29 is 17.9 Å². The van der Waals surface area contributed by atoms with Gasteiger partial charge < -0.3 is 10.5 Å². The maximum absolute atomic E-state index is 13.7. The lowest BCUT2D eigenvalue weighted by atomic mass is 10.1. The van der Waals surface area contributed by atoms with Gasteiger partial charge in [-0.25, -0.2) is 8.78 Å². The topological polar surface area (TPSA) is 59.1 Å². The zero-order valence-corrected chi connectivity index (χ0v) is 10.3. The molecule has 2 aromatic rings. The fraction of sp³-hybridized carbons (Fsp3) is 0.0714. The van der Waals surface area contributed by atoms with Gasteiger partial charge in [-0.2, -0.15) is 4.39 Å². The zero-order chi connectivity index (χ0) is 14.7. The van der Waals surface area contributed by atoms with Crippen molar-refractivity contribution in [2.24, 2.45) is 5.73 Å². The maximum Gasteiger partial charge on any atom is 0.200 e. The molecular formula is C14H11F3N2O. The highest BCUT2D eigenvalue weighted by Gasteiger charge is 2.11. The molecular weight excluding hydrogens is 269 g/mol. The number of ether oxygens (including phenoxy) is 1.